The molecule has 0 radical (unpaired) electrons. The number of anilines is 1. The number of hydrogen-bond acceptors (Lipinski definition) is 3. The lowest BCUT2D eigenvalue weighted by Gasteiger charge is -2.07. The maximum atomic E-state index is 13.5. The minimum atomic E-state index is -0.317. The Morgan fingerprint density at radius 2 is 2.17 bits per heavy atom. The fourth-order valence-electron chi connectivity index (χ4n) is 1.74. The molecule has 0 unspecified atom stereocenters. The van der Waals surface area contributed by atoms with Crippen molar-refractivity contribution in [3.63, 3.8) is 0 Å². The second-order valence-electron chi connectivity index (χ2n) is 4.36. The van der Waals surface area contributed by atoms with E-state index >= 15 is 0 Å². The highest BCUT2D eigenvalue weighted by Crippen LogP contribution is 2.20. The van der Waals surface area contributed by atoms with Gasteiger partial charge in [-0.1, -0.05) is 17.7 Å². The molecule has 0 fully saturated rings. The number of para-hydroxylation sites is 1. The predicted molar refractivity (Wildman–Crippen MR) is 72.0 cm³/mol. The Kier molecular flexibility index (Phi) is 3.87. The molecule has 0 aliphatic rings. The SMILES string of the molecule is CC(C)=CCCNc1ncnc2c(F)cccc12. The highest BCUT2D eigenvalue weighted by atomic mass is 19.1. The Morgan fingerprint density at radius 3 is 2.94 bits per heavy atom. The van der Waals surface area contributed by atoms with E-state index in [0.717, 1.165) is 18.4 Å². The highest BCUT2D eigenvalue weighted by molar-refractivity contribution is 5.89. The van der Waals surface area contributed by atoms with Gasteiger partial charge in [0.2, 0.25) is 0 Å². The molecule has 3 nitrogen and oxygen atoms in total. The van der Waals surface area contributed by atoms with Crippen LogP contribution in [0.5, 0.6) is 0 Å². The molecule has 2 aromatic rings. The van der Waals surface area contributed by atoms with E-state index in [4.69, 9.17) is 0 Å². The van der Waals surface area contributed by atoms with Crippen molar-refractivity contribution in [1.82, 2.24) is 9.97 Å². The zero-order chi connectivity index (χ0) is 13.0. The van der Waals surface area contributed by atoms with Crippen molar-refractivity contribution < 1.29 is 4.39 Å². The molecule has 0 saturated carbocycles. The van der Waals surface area contributed by atoms with Gasteiger partial charge in [-0.3, -0.25) is 0 Å². The Hall–Kier alpha value is -1.97. The van der Waals surface area contributed by atoms with Crippen molar-refractivity contribution in [3.8, 4) is 0 Å². The molecule has 18 heavy (non-hydrogen) atoms. The standard InChI is InChI=1S/C14H16FN3/c1-10(2)5-4-8-16-14-11-6-3-7-12(15)13(11)17-9-18-14/h3,5-7,9H,4,8H2,1-2H3,(H,16,17,18). The van der Waals surface area contributed by atoms with Gasteiger partial charge in [-0.25, -0.2) is 14.4 Å². The van der Waals surface area contributed by atoms with Crippen LogP contribution in [0.4, 0.5) is 10.2 Å². The number of aromatic nitrogens is 2. The molecule has 0 bridgehead atoms. The van der Waals surface area contributed by atoms with Crippen LogP contribution in [0.25, 0.3) is 10.9 Å². The molecule has 0 saturated heterocycles. The first-order chi connectivity index (χ1) is 8.68. The number of nitrogens with zero attached hydrogens (tertiary/aromatic N) is 2. The molecule has 1 aromatic carbocycles. The molecule has 0 amide bonds. The quantitative estimate of drug-likeness (QED) is 0.661. The topological polar surface area (TPSA) is 37.8 Å². The fraction of sp³-hybridized carbons (Fsp3) is 0.286. The molecule has 2 rings (SSSR count). The van der Waals surface area contributed by atoms with E-state index in [1.165, 1.54) is 18.0 Å². The van der Waals surface area contributed by atoms with E-state index in [1.54, 1.807) is 6.07 Å². The largest absolute Gasteiger partial charge is 0.369 e. The molecular formula is C14H16FN3. The van der Waals surface area contributed by atoms with Gasteiger partial charge in [-0.05, 0) is 32.4 Å². The van der Waals surface area contributed by atoms with Crippen molar-refractivity contribution >= 4 is 16.7 Å². The third-order valence-corrected chi connectivity index (χ3v) is 2.60. The number of hydrogen-bond donors (Lipinski definition) is 1. The summed E-state index contributed by atoms with van der Waals surface area (Å²) in [5.74, 6) is 0.365. The summed E-state index contributed by atoms with van der Waals surface area (Å²) < 4.78 is 13.5. The summed E-state index contributed by atoms with van der Waals surface area (Å²) in [4.78, 5) is 8.11. The first-order valence-corrected chi connectivity index (χ1v) is 5.95. The van der Waals surface area contributed by atoms with Crippen LogP contribution in [-0.4, -0.2) is 16.5 Å². The van der Waals surface area contributed by atoms with Crippen molar-refractivity contribution in [2.24, 2.45) is 0 Å². The van der Waals surface area contributed by atoms with E-state index in [-0.39, 0.29) is 5.82 Å². The summed E-state index contributed by atoms with van der Waals surface area (Å²) in [6, 6.07) is 4.90. The predicted octanol–water partition coefficient (Wildman–Crippen LogP) is 3.54. The van der Waals surface area contributed by atoms with Gasteiger partial charge in [-0.2, -0.15) is 0 Å². The van der Waals surface area contributed by atoms with Crippen molar-refractivity contribution in [2.75, 3.05) is 11.9 Å². The molecule has 4 heteroatoms. The lowest BCUT2D eigenvalue weighted by atomic mass is 10.2. The van der Waals surface area contributed by atoms with Gasteiger partial charge in [0, 0.05) is 11.9 Å². The molecule has 1 heterocycles. The number of halogens is 1. The monoisotopic (exact) mass is 245 g/mol. The van der Waals surface area contributed by atoms with Gasteiger partial charge in [0.25, 0.3) is 0 Å². The molecule has 0 aliphatic carbocycles. The summed E-state index contributed by atoms with van der Waals surface area (Å²) in [7, 11) is 0. The zero-order valence-electron chi connectivity index (χ0n) is 10.6. The maximum Gasteiger partial charge on any atom is 0.149 e. The average molecular weight is 245 g/mol. The molecule has 0 atom stereocenters. The summed E-state index contributed by atoms with van der Waals surface area (Å²) in [5, 5.41) is 3.93. The van der Waals surface area contributed by atoms with Crippen LogP contribution >= 0.6 is 0 Å². The van der Waals surface area contributed by atoms with Crippen LogP contribution in [0.15, 0.2) is 36.2 Å². The number of rotatable bonds is 4. The summed E-state index contributed by atoms with van der Waals surface area (Å²) >= 11 is 0. The lowest BCUT2D eigenvalue weighted by Crippen LogP contribution is -2.04. The van der Waals surface area contributed by atoms with Crippen molar-refractivity contribution in [1.29, 1.82) is 0 Å². The van der Waals surface area contributed by atoms with Gasteiger partial charge >= 0.3 is 0 Å². The van der Waals surface area contributed by atoms with Crippen molar-refractivity contribution in [3.05, 3.63) is 42.0 Å². The van der Waals surface area contributed by atoms with Crippen LogP contribution in [0, 0.1) is 5.82 Å². The maximum absolute atomic E-state index is 13.5. The zero-order valence-corrected chi connectivity index (χ0v) is 10.6. The molecular weight excluding hydrogens is 229 g/mol. The molecule has 0 aliphatic heterocycles. The van der Waals surface area contributed by atoms with Crippen LogP contribution < -0.4 is 5.32 Å². The Balaban J connectivity index is 2.18. The average Bonchev–Trinajstić information content (AvgIpc) is 2.35. The third kappa shape index (κ3) is 2.83. The van der Waals surface area contributed by atoms with E-state index < -0.39 is 0 Å². The molecule has 1 aromatic heterocycles. The molecule has 0 spiro atoms. The van der Waals surface area contributed by atoms with Crippen LogP contribution in [-0.2, 0) is 0 Å². The van der Waals surface area contributed by atoms with Gasteiger partial charge in [0.05, 0.1) is 0 Å². The number of allylic oxidation sites excluding steroid dienone is 1. The van der Waals surface area contributed by atoms with Gasteiger partial charge < -0.3 is 5.32 Å². The number of nitrogens with one attached hydrogen (secondary N) is 1. The smallest absolute Gasteiger partial charge is 0.149 e. The number of benzene rings is 1. The first-order valence-electron chi connectivity index (χ1n) is 5.95. The number of fused-ring (bicyclic) bond motifs is 1. The summed E-state index contributed by atoms with van der Waals surface area (Å²) in [6.07, 6.45) is 4.45. The molecule has 94 valence electrons. The van der Waals surface area contributed by atoms with E-state index in [2.05, 4.69) is 35.2 Å². The third-order valence-electron chi connectivity index (χ3n) is 2.60. The van der Waals surface area contributed by atoms with Crippen LogP contribution in [0.1, 0.15) is 20.3 Å². The fourth-order valence-corrected chi connectivity index (χ4v) is 1.74. The Bertz CT molecular complexity index is 574. The van der Waals surface area contributed by atoms with E-state index in [9.17, 15) is 4.39 Å². The van der Waals surface area contributed by atoms with Gasteiger partial charge in [-0.15, -0.1) is 0 Å². The lowest BCUT2D eigenvalue weighted by molar-refractivity contribution is 0.636. The van der Waals surface area contributed by atoms with Crippen LogP contribution in [0.2, 0.25) is 0 Å². The minimum Gasteiger partial charge on any atom is -0.369 e. The Labute approximate surface area is 106 Å². The first kappa shape index (κ1) is 12.5. The summed E-state index contributed by atoms with van der Waals surface area (Å²) in [6.45, 7) is 4.90. The van der Waals surface area contributed by atoms with Gasteiger partial charge in [0.1, 0.15) is 23.5 Å². The minimum absolute atomic E-state index is 0.317. The second-order valence-corrected chi connectivity index (χ2v) is 4.36. The summed E-state index contributed by atoms with van der Waals surface area (Å²) in [5.41, 5.74) is 1.65. The van der Waals surface area contributed by atoms with Gasteiger partial charge in [0.15, 0.2) is 0 Å². The normalized spacial score (nSPS) is 10.4. The van der Waals surface area contributed by atoms with E-state index in [1.807, 2.05) is 6.07 Å². The van der Waals surface area contributed by atoms with Crippen molar-refractivity contribution in [2.45, 2.75) is 20.3 Å². The molecule has 1 N–H and O–H groups in total. The highest BCUT2D eigenvalue weighted by Gasteiger charge is 2.06. The second kappa shape index (κ2) is 5.58. The Morgan fingerprint density at radius 1 is 1.33 bits per heavy atom. The van der Waals surface area contributed by atoms with E-state index in [0.29, 0.717) is 11.3 Å². The van der Waals surface area contributed by atoms with Crippen LogP contribution in [0.3, 0.4) is 0 Å².